The molecule has 1 heterocycles. The lowest BCUT2D eigenvalue weighted by atomic mass is 10.0. The zero-order valence-electron chi connectivity index (χ0n) is 16.5. The third-order valence-electron chi connectivity index (χ3n) is 4.13. The molecule has 2 rings (SSSR count). The van der Waals surface area contributed by atoms with Crippen LogP contribution in [0.1, 0.15) is 24.2 Å². The fourth-order valence-electron chi connectivity index (χ4n) is 2.58. The molecule has 1 atom stereocenters. The molecule has 0 radical (unpaired) electrons. The molecule has 154 valence electrons. The second-order valence-corrected chi connectivity index (χ2v) is 6.60. The van der Waals surface area contributed by atoms with Gasteiger partial charge in [0.1, 0.15) is 18.3 Å². The predicted molar refractivity (Wildman–Crippen MR) is 106 cm³/mol. The van der Waals surface area contributed by atoms with E-state index < -0.39 is 23.8 Å². The largest absolute Gasteiger partial charge is 0.496 e. The summed E-state index contributed by atoms with van der Waals surface area (Å²) in [5.41, 5.74) is 4.50. The Hall–Kier alpha value is -3.62. The van der Waals surface area contributed by atoms with E-state index in [2.05, 4.69) is 16.2 Å². The molecule has 9 heteroatoms. The SMILES string of the molecule is COc1ccccc1C(=O)N[C@H](C(=O)NNC(=O)Cn1ccccc1=O)C(C)C. The first-order valence-corrected chi connectivity index (χ1v) is 9.01. The first-order chi connectivity index (χ1) is 13.8. The number of amides is 3. The van der Waals surface area contributed by atoms with E-state index in [0.717, 1.165) is 0 Å². The van der Waals surface area contributed by atoms with Crippen LogP contribution in [0.25, 0.3) is 0 Å². The van der Waals surface area contributed by atoms with Gasteiger partial charge >= 0.3 is 0 Å². The fraction of sp³-hybridized carbons (Fsp3) is 0.300. The number of nitrogens with one attached hydrogen (secondary N) is 3. The minimum absolute atomic E-state index is 0.248. The molecule has 0 unspecified atom stereocenters. The van der Waals surface area contributed by atoms with Gasteiger partial charge in [0.15, 0.2) is 0 Å². The molecule has 9 nitrogen and oxygen atoms in total. The number of aromatic nitrogens is 1. The number of nitrogens with zero attached hydrogens (tertiary/aromatic N) is 1. The third-order valence-corrected chi connectivity index (χ3v) is 4.13. The highest BCUT2D eigenvalue weighted by Crippen LogP contribution is 2.17. The Balaban J connectivity index is 1.98. The van der Waals surface area contributed by atoms with Crippen LogP contribution < -0.4 is 26.5 Å². The molecule has 1 aromatic heterocycles. The zero-order chi connectivity index (χ0) is 21.4. The molecule has 0 bridgehead atoms. The van der Waals surface area contributed by atoms with E-state index in [1.807, 2.05) is 0 Å². The maximum atomic E-state index is 12.6. The Labute approximate surface area is 168 Å². The molecule has 2 aromatic rings. The van der Waals surface area contributed by atoms with Crippen LogP contribution in [0.2, 0.25) is 0 Å². The molecule has 0 fully saturated rings. The summed E-state index contributed by atoms with van der Waals surface area (Å²) in [5.74, 6) is -1.50. The minimum atomic E-state index is -0.896. The van der Waals surface area contributed by atoms with Crippen molar-refractivity contribution < 1.29 is 19.1 Å². The number of methoxy groups -OCH3 is 1. The van der Waals surface area contributed by atoms with E-state index in [-0.39, 0.29) is 18.0 Å². The van der Waals surface area contributed by atoms with E-state index in [9.17, 15) is 19.2 Å². The van der Waals surface area contributed by atoms with Crippen molar-refractivity contribution in [3.8, 4) is 5.75 Å². The number of benzene rings is 1. The number of hydrogen-bond acceptors (Lipinski definition) is 5. The minimum Gasteiger partial charge on any atom is -0.496 e. The monoisotopic (exact) mass is 400 g/mol. The van der Waals surface area contributed by atoms with Gasteiger partial charge < -0.3 is 14.6 Å². The highest BCUT2D eigenvalue weighted by Gasteiger charge is 2.26. The number of para-hydroxylation sites is 1. The van der Waals surface area contributed by atoms with Gasteiger partial charge in [0.2, 0.25) is 0 Å². The van der Waals surface area contributed by atoms with Crippen molar-refractivity contribution in [3.05, 3.63) is 64.6 Å². The molecule has 3 N–H and O–H groups in total. The summed E-state index contributed by atoms with van der Waals surface area (Å²) in [6.07, 6.45) is 1.47. The van der Waals surface area contributed by atoms with Crippen molar-refractivity contribution in [2.45, 2.75) is 26.4 Å². The Bertz CT molecular complexity index is 938. The molecule has 0 aliphatic carbocycles. The maximum Gasteiger partial charge on any atom is 0.261 e. The molecule has 0 saturated carbocycles. The summed E-state index contributed by atoms with van der Waals surface area (Å²) in [7, 11) is 1.45. The second-order valence-electron chi connectivity index (χ2n) is 6.60. The first kappa shape index (κ1) is 21.7. The van der Waals surface area contributed by atoms with E-state index in [1.54, 1.807) is 50.2 Å². The van der Waals surface area contributed by atoms with Gasteiger partial charge in [-0.15, -0.1) is 0 Å². The van der Waals surface area contributed by atoms with Gasteiger partial charge in [0, 0.05) is 12.3 Å². The number of carbonyl (C=O) groups is 3. The number of pyridine rings is 1. The quantitative estimate of drug-likeness (QED) is 0.584. The van der Waals surface area contributed by atoms with Crippen LogP contribution in [-0.4, -0.2) is 35.4 Å². The summed E-state index contributed by atoms with van der Waals surface area (Å²) in [5, 5.41) is 2.65. The molecule has 0 spiro atoms. The van der Waals surface area contributed by atoms with Crippen LogP contribution in [0.4, 0.5) is 0 Å². The standard InChI is InChI=1S/C20H24N4O5/c1-13(2)18(21-19(27)14-8-4-5-9-15(14)29-3)20(28)23-22-16(25)12-24-11-7-6-10-17(24)26/h4-11,13,18H,12H2,1-3H3,(H,21,27)(H,22,25)(H,23,28)/t18-/m0/s1. The average Bonchev–Trinajstić information content (AvgIpc) is 2.71. The Morgan fingerprint density at radius 3 is 2.38 bits per heavy atom. The summed E-state index contributed by atoms with van der Waals surface area (Å²) in [4.78, 5) is 48.7. The van der Waals surface area contributed by atoms with E-state index in [0.29, 0.717) is 11.3 Å². The molecule has 0 saturated heterocycles. The van der Waals surface area contributed by atoms with Crippen molar-refractivity contribution in [2.75, 3.05) is 7.11 Å². The summed E-state index contributed by atoms with van der Waals surface area (Å²) >= 11 is 0. The van der Waals surface area contributed by atoms with Crippen molar-refractivity contribution >= 4 is 17.7 Å². The van der Waals surface area contributed by atoms with Crippen molar-refractivity contribution in [3.63, 3.8) is 0 Å². The lowest BCUT2D eigenvalue weighted by Crippen LogP contribution is -2.54. The smallest absolute Gasteiger partial charge is 0.261 e. The van der Waals surface area contributed by atoms with E-state index in [1.165, 1.54) is 23.9 Å². The number of carbonyl (C=O) groups excluding carboxylic acids is 3. The topological polar surface area (TPSA) is 119 Å². The molecule has 29 heavy (non-hydrogen) atoms. The molecular weight excluding hydrogens is 376 g/mol. The van der Waals surface area contributed by atoms with Gasteiger partial charge in [-0.05, 0) is 24.1 Å². The molecular formula is C20H24N4O5. The average molecular weight is 400 g/mol. The molecule has 0 aliphatic heterocycles. The summed E-state index contributed by atoms with van der Waals surface area (Å²) in [6.45, 7) is 3.27. The molecule has 0 aliphatic rings. The molecule has 1 aromatic carbocycles. The number of hydrazine groups is 1. The zero-order valence-corrected chi connectivity index (χ0v) is 16.5. The Kier molecular flexibility index (Phi) is 7.53. The molecule has 3 amide bonds. The van der Waals surface area contributed by atoms with Crippen molar-refractivity contribution in [1.82, 2.24) is 20.7 Å². The van der Waals surface area contributed by atoms with Gasteiger partial charge in [-0.3, -0.25) is 30.0 Å². The Morgan fingerprint density at radius 2 is 1.72 bits per heavy atom. The van der Waals surface area contributed by atoms with E-state index in [4.69, 9.17) is 4.74 Å². The van der Waals surface area contributed by atoms with Gasteiger partial charge in [0.05, 0.1) is 12.7 Å². The van der Waals surface area contributed by atoms with Crippen molar-refractivity contribution in [2.24, 2.45) is 5.92 Å². The van der Waals surface area contributed by atoms with E-state index >= 15 is 0 Å². The Morgan fingerprint density at radius 1 is 1.03 bits per heavy atom. The van der Waals surface area contributed by atoms with Crippen LogP contribution in [0.15, 0.2) is 53.5 Å². The predicted octanol–water partition coefficient (Wildman–Crippen LogP) is 0.459. The maximum absolute atomic E-state index is 12.6. The lowest BCUT2D eigenvalue weighted by Gasteiger charge is -2.22. The lowest BCUT2D eigenvalue weighted by molar-refractivity contribution is -0.130. The normalized spacial score (nSPS) is 11.4. The van der Waals surface area contributed by atoms with Crippen LogP contribution >= 0.6 is 0 Å². The van der Waals surface area contributed by atoms with Gasteiger partial charge in [0.25, 0.3) is 23.3 Å². The third kappa shape index (κ3) is 5.93. The highest BCUT2D eigenvalue weighted by atomic mass is 16.5. The van der Waals surface area contributed by atoms with Gasteiger partial charge in [-0.25, -0.2) is 0 Å². The van der Waals surface area contributed by atoms with Crippen molar-refractivity contribution in [1.29, 1.82) is 0 Å². The van der Waals surface area contributed by atoms with Crippen LogP contribution in [-0.2, 0) is 16.1 Å². The summed E-state index contributed by atoms with van der Waals surface area (Å²) in [6, 6.07) is 10.3. The summed E-state index contributed by atoms with van der Waals surface area (Å²) < 4.78 is 6.37. The van der Waals surface area contributed by atoms with Crippen LogP contribution in [0.3, 0.4) is 0 Å². The number of ether oxygens (including phenoxy) is 1. The number of rotatable bonds is 7. The van der Waals surface area contributed by atoms with Gasteiger partial charge in [-0.2, -0.15) is 0 Å². The van der Waals surface area contributed by atoms with Crippen LogP contribution in [0, 0.1) is 5.92 Å². The number of hydrogen-bond donors (Lipinski definition) is 3. The van der Waals surface area contributed by atoms with Crippen LogP contribution in [0.5, 0.6) is 5.75 Å². The fourth-order valence-corrected chi connectivity index (χ4v) is 2.58. The highest BCUT2D eigenvalue weighted by molar-refractivity contribution is 5.99. The second kappa shape index (κ2) is 10.1. The van der Waals surface area contributed by atoms with Gasteiger partial charge in [-0.1, -0.05) is 32.0 Å². The first-order valence-electron chi connectivity index (χ1n) is 9.01.